The number of rotatable bonds is 8. The van der Waals surface area contributed by atoms with E-state index in [4.69, 9.17) is 0 Å². The summed E-state index contributed by atoms with van der Waals surface area (Å²) in [6, 6.07) is 0. The molecule has 18 heavy (non-hydrogen) atoms. The van der Waals surface area contributed by atoms with Crippen LogP contribution in [0.5, 0.6) is 0 Å². The zero-order valence-electron chi connectivity index (χ0n) is 12.5. The van der Waals surface area contributed by atoms with E-state index in [9.17, 15) is 4.79 Å². The van der Waals surface area contributed by atoms with Crippen molar-refractivity contribution in [2.45, 2.75) is 45.4 Å². The van der Waals surface area contributed by atoms with Crippen LogP contribution < -0.4 is 0 Å². The van der Waals surface area contributed by atoms with Crippen LogP contribution in [0.3, 0.4) is 0 Å². The molecule has 0 radical (unpaired) electrons. The van der Waals surface area contributed by atoms with Crippen molar-refractivity contribution in [3.63, 3.8) is 0 Å². The lowest BCUT2D eigenvalue weighted by atomic mass is 9.75. The molecule has 106 valence electrons. The molecule has 0 aliphatic heterocycles. The molecule has 0 saturated heterocycles. The van der Waals surface area contributed by atoms with Crippen molar-refractivity contribution in [3.05, 3.63) is 0 Å². The highest BCUT2D eigenvalue weighted by Gasteiger charge is 2.33. The van der Waals surface area contributed by atoms with Gasteiger partial charge < -0.3 is 14.6 Å². The van der Waals surface area contributed by atoms with E-state index in [1.54, 1.807) is 0 Å². The highest BCUT2D eigenvalue weighted by molar-refractivity contribution is 5.60. The summed E-state index contributed by atoms with van der Waals surface area (Å²) in [5, 5.41) is 0. The number of hydrogen-bond acceptors (Lipinski definition) is 3. The standard InChI is InChI=1S/C15H30N2O/c1-4-17(12-8-11-16(2)3)13-15(14-18)9-6-5-7-10-15/h14H,4-13H2,1-3H3. The van der Waals surface area contributed by atoms with Gasteiger partial charge in [-0.25, -0.2) is 0 Å². The molecule has 0 bridgehead atoms. The zero-order chi connectivity index (χ0) is 13.4. The largest absolute Gasteiger partial charge is 0.309 e. The molecule has 0 spiro atoms. The van der Waals surface area contributed by atoms with Crippen LogP contribution >= 0.6 is 0 Å². The van der Waals surface area contributed by atoms with E-state index in [1.807, 2.05) is 0 Å². The second-order valence-corrected chi connectivity index (χ2v) is 6.07. The Kier molecular flexibility index (Phi) is 6.87. The maximum absolute atomic E-state index is 11.5. The highest BCUT2D eigenvalue weighted by Crippen LogP contribution is 2.35. The zero-order valence-corrected chi connectivity index (χ0v) is 12.5. The Bertz CT molecular complexity index is 235. The minimum Gasteiger partial charge on any atom is -0.309 e. The number of carbonyl (C=O) groups is 1. The molecule has 0 N–H and O–H groups in total. The minimum atomic E-state index is -0.0353. The molecule has 3 nitrogen and oxygen atoms in total. The van der Waals surface area contributed by atoms with Crippen LogP contribution in [-0.4, -0.2) is 56.4 Å². The molecular formula is C15H30N2O. The number of carbonyl (C=O) groups excluding carboxylic acids is 1. The Hall–Kier alpha value is -0.410. The lowest BCUT2D eigenvalue weighted by Gasteiger charge is -2.36. The van der Waals surface area contributed by atoms with Gasteiger partial charge in [-0.1, -0.05) is 26.2 Å². The molecular weight excluding hydrogens is 224 g/mol. The van der Waals surface area contributed by atoms with Crippen LogP contribution in [0.2, 0.25) is 0 Å². The van der Waals surface area contributed by atoms with Gasteiger partial charge in [0.1, 0.15) is 6.29 Å². The van der Waals surface area contributed by atoms with Gasteiger partial charge in [0.05, 0.1) is 0 Å². The average molecular weight is 254 g/mol. The van der Waals surface area contributed by atoms with Gasteiger partial charge in [0.2, 0.25) is 0 Å². The Morgan fingerprint density at radius 3 is 2.28 bits per heavy atom. The molecule has 1 saturated carbocycles. The van der Waals surface area contributed by atoms with Crippen LogP contribution in [0.15, 0.2) is 0 Å². The van der Waals surface area contributed by atoms with Crippen LogP contribution in [-0.2, 0) is 4.79 Å². The lowest BCUT2D eigenvalue weighted by Crippen LogP contribution is -2.41. The summed E-state index contributed by atoms with van der Waals surface area (Å²) in [6.07, 6.45) is 8.40. The van der Waals surface area contributed by atoms with Gasteiger partial charge in [0, 0.05) is 12.0 Å². The van der Waals surface area contributed by atoms with E-state index in [0.29, 0.717) is 0 Å². The third-order valence-electron chi connectivity index (χ3n) is 4.16. The Labute approximate surface area is 113 Å². The maximum atomic E-state index is 11.5. The maximum Gasteiger partial charge on any atom is 0.127 e. The quantitative estimate of drug-likeness (QED) is 0.622. The summed E-state index contributed by atoms with van der Waals surface area (Å²) in [5.74, 6) is 0. The van der Waals surface area contributed by atoms with E-state index in [2.05, 4.69) is 30.8 Å². The molecule has 3 heteroatoms. The van der Waals surface area contributed by atoms with Crippen molar-refractivity contribution < 1.29 is 4.79 Å². The van der Waals surface area contributed by atoms with E-state index in [1.165, 1.54) is 32.0 Å². The molecule has 1 aliphatic carbocycles. The Balaban J connectivity index is 2.41. The van der Waals surface area contributed by atoms with Gasteiger partial charge in [-0.05, 0) is 53.0 Å². The second kappa shape index (κ2) is 7.90. The van der Waals surface area contributed by atoms with E-state index >= 15 is 0 Å². The first-order valence-corrected chi connectivity index (χ1v) is 7.45. The topological polar surface area (TPSA) is 23.6 Å². The molecule has 0 unspecified atom stereocenters. The predicted molar refractivity (Wildman–Crippen MR) is 76.9 cm³/mol. The highest BCUT2D eigenvalue weighted by atomic mass is 16.1. The number of hydrogen-bond donors (Lipinski definition) is 0. The Morgan fingerprint density at radius 2 is 1.78 bits per heavy atom. The van der Waals surface area contributed by atoms with Crippen molar-refractivity contribution in [1.82, 2.24) is 9.80 Å². The van der Waals surface area contributed by atoms with Gasteiger partial charge in [0.25, 0.3) is 0 Å². The summed E-state index contributed by atoms with van der Waals surface area (Å²) in [4.78, 5) is 16.2. The molecule has 0 atom stereocenters. The summed E-state index contributed by atoms with van der Waals surface area (Å²) in [5.41, 5.74) is -0.0353. The van der Waals surface area contributed by atoms with Crippen molar-refractivity contribution in [2.75, 3.05) is 40.3 Å². The van der Waals surface area contributed by atoms with Crippen molar-refractivity contribution in [1.29, 1.82) is 0 Å². The molecule has 0 aromatic heterocycles. The fourth-order valence-electron chi connectivity index (χ4n) is 2.97. The molecule has 1 aliphatic rings. The van der Waals surface area contributed by atoms with Crippen LogP contribution in [0.4, 0.5) is 0 Å². The molecule has 1 rings (SSSR count). The van der Waals surface area contributed by atoms with Gasteiger partial charge in [-0.3, -0.25) is 0 Å². The first-order valence-electron chi connectivity index (χ1n) is 7.45. The number of nitrogens with zero attached hydrogens (tertiary/aromatic N) is 2. The fourth-order valence-corrected chi connectivity index (χ4v) is 2.97. The van der Waals surface area contributed by atoms with Crippen LogP contribution in [0.25, 0.3) is 0 Å². The van der Waals surface area contributed by atoms with E-state index in [-0.39, 0.29) is 5.41 Å². The van der Waals surface area contributed by atoms with Crippen molar-refractivity contribution >= 4 is 6.29 Å². The fraction of sp³-hybridized carbons (Fsp3) is 0.933. The molecule has 1 fully saturated rings. The van der Waals surface area contributed by atoms with Crippen LogP contribution in [0, 0.1) is 5.41 Å². The third kappa shape index (κ3) is 5.07. The summed E-state index contributed by atoms with van der Waals surface area (Å²) in [7, 11) is 4.23. The first-order chi connectivity index (χ1) is 8.62. The van der Waals surface area contributed by atoms with Gasteiger partial charge in [-0.15, -0.1) is 0 Å². The van der Waals surface area contributed by atoms with Gasteiger partial charge in [-0.2, -0.15) is 0 Å². The number of aldehydes is 1. The molecule has 0 amide bonds. The SMILES string of the molecule is CCN(CCCN(C)C)CC1(C=O)CCCCC1. The summed E-state index contributed by atoms with van der Waals surface area (Å²) in [6.45, 7) is 6.48. The van der Waals surface area contributed by atoms with E-state index < -0.39 is 0 Å². The monoisotopic (exact) mass is 254 g/mol. The second-order valence-electron chi connectivity index (χ2n) is 6.07. The van der Waals surface area contributed by atoms with Crippen molar-refractivity contribution in [3.8, 4) is 0 Å². The van der Waals surface area contributed by atoms with Crippen LogP contribution in [0.1, 0.15) is 45.4 Å². The molecule has 0 aromatic rings. The summed E-state index contributed by atoms with van der Waals surface area (Å²) < 4.78 is 0. The van der Waals surface area contributed by atoms with Gasteiger partial charge >= 0.3 is 0 Å². The molecule has 0 aromatic carbocycles. The van der Waals surface area contributed by atoms with E-state index in [0.717, 1.165) is 39.0 Å². The predicted octanol–water partition coefficient (Wildman–Crippen LogP) is 2.41. The third-order valence-corrected chi connectivity index (χ3v) is 4.16. The van der Waals surface area contributed by atoms with Crippen molar-refractivity contribution in [2.24, 2.45) is 5.41 Å². The van der Waals surface area contributed by atoms with Gasteiger partial charge in [0.15, 0.2) is 0 Å². The molecule has 0 heterocycles. The normalized spacial score (nSPS) is 19.4. The average Bonchev–Trinajstić information content (AvgIpc) is 2.38. The Morgan fingerprint density at radius 1 is 1.11 bits per heavy atom. The first kappa shape index (κ1) is 15.6. The minimum absolute atomic E-state index is 0.0353. The smallest absolute Gasteiger partial charge is 0.127 e. The summed E-state index contributed by atoms with van der Waals surface area (Å²) >= 11 is 0. The lowest BCUT2D eigenvalue weighted by molar-refractivity contribution is -0.119.